The third kappa shape index (κ3) is 1.66. The number of carbonyl (C=O) groups excluding carboxylic acids is 1. The van der Waals surface area contributed by atoms with Crippen LogP contribution in [0.25, 0.3) is 5.52 Å². The van der Waals surface area contributed by atoms with E-state index in [0.29, 0.717) is 11.6 Å². The average molecular weight is 228 g/mol. The molecule has 0 spiro atoms. The maximum absolute atomic E-state index is 11.6. The van der Waals surface area contributed by atoms with E-state index in [4.69, 9.17) is 0 Å². The van der Waals surface area contributed by atoms with Gasteiger partial charge in [0.25, 0.3) is 0 Å². The van der Waals surface area contributed by atoms with Crippen LogP contribution in [0.3, 0.4) is 0 Å². The zero-order valence-corrected chi connectivity index (χ0v) is 10.0. The van der Waals surface area contributed by atoms with Gasteiger partial charge in [-0.05, 0) is 25.0 Å². The lowest BCUT2D eigenvalue weighted by molar-refractivity contribution is 0.101. The van der Waals surface area contributed by atoms with E-state index in [0.717, 1.165) is 11.3 Å². The highest BCUT2D eigenvalue weighted by molar-refractivity contribution is 5.99. The Hall–Kier alpha value is -1.64. The molecule has 0 N–H and O–H groups in total. The first-order chi connectivity index (χ1) is 8.27. The van der Waals surface area contributed by atoms with E-state index in [-0.39, 0.29) is 5.78 Å². The minimum Gasteiger partial charge on any atom is -0.303 e. The van der Waals surface area contributed by atoms with Crippen molar-refractivity contribution in [2.75, 3.05) is 0 Å². The lowest BCUT2D eigenvalue weighted by Crippen LogP contribution is -1.99. The predicted molar refractivity (Wildman–Crippen MR) is 66.4 cm³/mol. The number of carbonyl (C=O) groups is 1. The van der Waals surface area contributed by atoms with Crippen molar-refractivity contribution in [2.24, 2.45) is 0 Å². The summed E-state index contributed by atoms with van der Waals surface area (Å²) in [6, 6.07) is 5.93. The number of ketones is 1. The van der Waals surface area contributed by atoms with Crippen LogP contribution in [0.4, 0.5) is 0 Å². The van der Waals surface area contributed by atoms with E-state index >= 15 is 0 Å². The Morgan fingerprint density at radius 3 is 2.82 bits per heavy atom. The summed E-state index contributed by atoms with van der Waals surface area (Å²) in [5.41, 5.74) is 1.56. The van der Waals surface area contributed by atoms with Crippen LogP contribution < -0.4 is 0 Å². The summed E-state index contributed by atoms with van der Waals surface area (Å²) in [7, 11) is 0. The molecule has 3 rings (SSSR count). The van der Waals surface area contributed by atoms with Gasteiger partial charge in [-0.1, -0.05) is 18.9 Å². The summed E-state index contributed by atoms with van der Waals surface area (Å²) in [5, 5.41) is 0. The monoisotopic (exact) mass is 228 g/mol. The Kier molecular flexibility index (Phi) is 2.46. The van der Waals surface area contributed by atoms with Crippen LogP contribution in [0.1, 0.15) is 54.8 Å². The van der Waals surface area contributed by atoms with Crippen LogP contribution in [0.2, 0.25) is 0 Å². The SMILES string of the molecule is CC(=O)c1nc(C2CCCC2)n2ccccc12. The molecule has 0 radical (unpaired) electrons. The molecule has 1 aliphatic carbocycles. The first kappa shape index (κ1) is 10.5. The standard InChI is InChI=1S/C14H16N2O/c1-10(17)13-12-8-4-5-9-16(12)14(15-13)11-6-2-3-7-11/h4-5,8-9,11H,2-3,6-7H2,1H3. The van der Waals surface area contributed by atoms with Crippen LogP contribution in [0.5, 0.6) is 0 Å². The molecule has 2 heterocycles. The van der Waals surface area contributed by atoms with Crippen LogP contribution in [0, 0.1) is 0 Å². The maximum Gasteiger partial charge on any atom is 0.180 e. The van der Waals surface area contributed by atoms with E-state index in [1.165, 1.54) is 25.7 Å². The number of imidazole rings is 1. The number of nitrogens with zero attached hydrogens (tertiary/aromatic N) is 2. The van der Waals surface area contributed by atoms with Gasteiger partial charge in [0, 0.05) is 19.0 Å². The number of fused-ring (bicyclic) bond motifs is 1. The molecule has 0 unspecified atom stereocenters. The minimum atomic E-state index is 0.0537. The molecule has 0 aliphatic heterocycles. The van der Waals surface area contributed by atoms with Gasteiger partial charge in [0.05, 0.1) is 5.52 Å². The molecule has 1 saturated carbocycles. The molecule has 1 fully saturated rings. The normalized spacial score (nSPS) is 16.8. The summed E-state index contributed by atoms with van der Waals surface area (Å²) < 4.78 is 2.09. The Bertz CT molecular complexity index is 565. The molecule has 0 amide bonds. The third-order valence-corrected chi connectivity index (χ3v) is 3.63. The van der Waals surface area contributed by atoms with Gasteiger partial charge in [0.15, 0.2) is 5.78 Å². The second-order valence-corrected chi connectivity index (χ2v) is 4.81. The fourth-order valence-corrected chi connectivity index (χ4v) is 2.79. The van der Waals surface area contributed by atoms with E-state index < -0.39 is 0 Å². The van der Waals surface area contributed by atoms with Crippen molar-refractivity contribution >= 4 is 11.3 Å². The van der Waals surface area contributed by atoms with E-state index in [1.807, 2.05) is 24.4 Å². The summed E-state index contributed by atoms with van der Waals surface area (Å²) >= 11 is 0. The van der Waals surface area contributed by atoms with Crippen LogP contribution in [-0.2, 0) is 0 Å². The van der Waals surface area contributed by atoms with Gasteiger partial charge >= 0.3 is 0 Å². The molecule has 0 saturated heterocycles. The molecular formula is C14H16N2O. The van der Waals surface area contributed by atoms with E-state index in [1.54, 1.807) is 6.92 Å². The number of hydrogen-bond acceptors (Lipinski definition) is 2. The number of rotatable bonds is 2. The fraction of sp³-hybridized carbons (Fsp3) is 0.429. The van der Waals surface area contributed by atoms with Crippen molar-refractivity contribution in [3.05, 3.63) is 35.9 Å². The lowest BCUT2D eigenvalue weighted by atomic mass is 10.1. The average Bonchev–Trinajstić information content (AvgIpc) is 2.95. The molecule has 0 aromatic carbocycles. The molecule has 3 heteroatoms. The van der Waals surface area contributed by atoms with Crippen molar-refractivity contribution in [3.8, 4) is 0 Å². The number of aromatic nitrogens is 2. The predicted octanol–water partition coefficient (Wildman–Crippen LogP) is 3.19. The lowest BCUT2D eigenvalue weighted by Gasteiger charge is -2.06. The molecule has 2 aromatic heterocycles. The molecule has 88 valence electrons. The van der Waals surface area contributed by atoms with Gasteiger partial charge in [-0.3, -0.25) is 4.79 Å². The second kappa shape index (κ2) is 3.99. The topological polar surface area (TPSA) is 34.4 Å². The number of pyridine rings is 1. The number of hydrogen-bond donors (Lipinski definition) is 0. The Balaban J connectivity index is 2.20. The van der Waals surface area contributed by atoms with Crippen molar-refractivity contribution in [1.29, 1.82) is 0 Å². The first-order valence-corrected chi connectivity index (χ1v) is 6.25. The Labute approximate surface area is 100 Å². The van der Waals surface area contributed by atoms with Crippen molar-refractivity contribution in [3.63, 3.8) is 0 Å². The zero-order valence-electron chi connectivity index (χ0n) is 10.0. The van der Waals surface area contributed by atoms with Crippen molar-refractivity contribution in [2.45, 2.75) is 38.5 Å². The summed E-state index contributed by atoms with van der Waals surface area (Å²) in [5.74, 6) is 1.65. The molecule has 0 atom stereocenters. The largest absolute Gasteiger partial charge is 0.303 e. The molecule has 1 aliphatic rings. The fourth-order valence-electron chi connectivity index (χ4n) is 2.79. The highest BCUT2D eigenvalue weighted by atomic mass is 16.1. The molecular weight excluding hydrogens is 212 g/mol. The maximum atomic E-state index is 11.6. The summed E-state index contributed by atoms with van der Waals surface area (Å²) in [4.78, 5) is 16.2. The highest BCUT2D eigenvalue weighted by Gasteiger charge is 2.24. The quantitative estimate of drug-likeness (QED) is 0.740. The van der Waals surface area contributed by atoms with Gasteiger partial charge in [-0.15, -0.1) is 0 Å². The molecule has 17 heavy (non-hydrogen) atoms. The summed E-state index contributed by atoms with van der Waals surface area (Å²) in [6.07, 6.45) is 6.97. The minimum absolute atomic E-state index is 0.0537. The van der Waals surface area contributed by atoms with Gasteiger partial charge in [-0.2, -0.15) is 0 Å². The Morgan fingerprint density at radius 1 is 1.35 bits per heavy atom. The molecule has 0 bridgehead atoms. The van der Waals surface area contributed by atoms with Crippen molar-refractivity contribution in [1.82, 2.24) is 9.38 Å². The Morgan fingerprint density at radius 2 is 2.12 bits per heavy atom. The first-order valence-electron chi connectivity index (χ1n) is 6.25. The number of Topliss-reactive ketones (excluding diaryl/α,β-unsaturated/α-hetero) is 1. The van der Waals surface area contributed by atoms with Gasteiger partial charge in [0.2, 0.25) is 0 Å². The summed E-state index contributed by atoms with van der Waals surface area (Å²) in [6.45, 7) is 1.59. The smallest absolute Gasteiger partial charge is 0.180 e. The van der Waals surface area contributed by atoms with Crippen LogP contribution in [0.15, 0.2) is 24.4 Å². The van der Waals surface area contributed by atoms with Gasteiger partial charge in [0.1, 0.15) is 11.5 Å². The van der Waals surface area contributed by atoms with Gasteiger partial charge < -0.3 is 4.40 Å². The van der Waals surface area contributed by atoms with Crippen LogP contribution >= 0.6 is 0 Å². The zero-order chi connectivity index (χ0) is 11.8. The molecule has 3 nitrogen and oxygen atoms in total. The highest BCUT2D eigenvalue weighted by Crippen LogP contribution is 2.34. The van der Waals surface area contributed by atoms with E-state index in [9.17, 15) is 4.79 Å². The third-order valence-electron chi connectivity index (χ3n) is 3.63. The molecule has 2 aromatic rings. The van der Waals surface area contributed by atoms with E-state index in [2.05, 4.69) is 9.38 Å². The van der Waals surface area contributed by atoms with Gasteiger partial charge in [-0.25, -0.2) is 4.98 Å². The second-order valence-electron chi connectivity index (χ2n) is 4.81. The van der Waals surface area contributed by atoms with Crippen molar-refractivity contribution < 1.29 is 4.79 Å². The van der Waals surface area contributed by atoms with Crippen LogP contribution in [-0.4, -0.2) is 15.2 Å².